The molecule has 1 amide bonds. The summed E-state index contributed by atoms with van der Waals surface area (Å²) in [4.78, 5) is 17.5. The topological polar surface area (TPSA) is 65.5 Å². The van der Waals surface area contributed by atoms with Gasteiger partial charge in [-0.15, -0.1) is 0 Å². The molecule has 26 heavy (non-hydrogen) atoms. The highest BCUT2D eigenvalue weighted by atomic mass is 19.1. The molecule has 1 spiro atoms. The first-order valence-electron chi connectivity index (χ1n) is 8.99. The Bertz CT molecular complexity index is 793. The number of nitrogens with zero attached hydrogens (tertiary/aromatic N) is 2. The number of benzene rings is 1. The highest BCUT2D eigenvalue weighted by molar-refractivity contribution is 5.66. The molecule has 1 aromatic heterocycles. The molecule has 136 valence electrons. The summed E-state index contributed by atoms with van der Waals surface area (Å²) in [5, 5.41) is 11.4. The van der Waals surface area contributed by atoms with Crippen molar-refractivity contribution in [1.29, 1.82) is 0 Å². The number of rotatable bonds is 3. The van der Waals surface area contributed by atoms with Gasteiger partial charge >= 0.3 is 6.09 Å². The number of hydrogen-bond acceptors (Lipinski definition) is 3. The second kappa shape index (κ2) is 6.59. The van der Waals surface area contributed by atoms with E-state index < -0.39 is 6.09 Å². The van der Waals surface area contributed by atoms with Gasteiger partial charge in [0, 0.05) is 25.3 Å². The number of anilines is 1. The van der Waals surface area contributed by atoms with Gasteiger partial charge in [-0.1, -0.05) is 12.1 Å². The SMILES string of the molecule is O=C(O)NC1CC2(CCN(c3cc(-c4ccc(F)cc4)ccn3)CC2)C1. The second-order valence-electron chi connectivity index (χ2n) is 7.45. The van der Waals surface area contributed by atoms with Gasteiger partial charge in [0.2, 0.25) is 0 Å². The zero-order valence-electron chi connectivity index (χ0n) is 14.5. The molecular weight excluding hydrogens is 333 g/mol. The number of pyridine rings is 1. The lowest BCUT2D eigenvalue weighted by atomic mass is 9.60. The van der Waals surface area contributed by atoms with Gasteiger partial charge in [0.15, 0.2) is 0 Å². The molecule has 1 aromatic carbocycles. The molecule has 1 aliphatic carbocycles. The van der Waals surface area contributed by atoms with Crippen LogP contribution < -0.4 is 10.2 Å². The summed E-state index contributed by atoms with van der Waals surface area (Å²) in [6, 6.07) is 10.6. The quantitative estimate of drug-likeness (QED) is 0.876. The van der Waals surface area contributed by atoms with Crippen LogP contribution in [0.2, 0.25) is 0 Å². The molecule has 1 saturated carbocycles. The van der Waals surface area contributed by atoms with Crippen LogP contribution in [0.25, 0.3) is 11.1 Å². The number of hydrogen-bond donors (Lipinski definition) is 2. The maximum Gasteiger partial charge on any atom is 0.404 e. The standard InChI is InChI=1S/C20H22FN3O2/c21-16-3-1-14(2-4-16)15-5-8-22-18(11-15)24-9-6-20(7-10-24)12-17(13-20)23-19(25)26/h1-5,8,11,17,23H,6-7,9-10,12-13H2,(H,25,26). The van der Waals surface area contributed by atoms with E-state index in [1.165, 1.54) is 12.1 Å². The zero-order chi connectivity index (χ0) is 18.1. The Balaban J connectivity index is 1.40. The molecule has 0 radical (unpaired) electrons. The first-order valence-corrected chi connectivity index (χ1v) is 8.99. The van der Waals surface area contributed by atoms with Gasteiger partial charge in [0.25, 0.3) is 0 Å². The van der Waals surface area contributed by atoms with Crippen molar-refractivity contribution in [2.24, 2.45) is 5.41 Å². The van der Waals surface area contributed by atoms with Gasteiger partial charge < -0.3 is 15.3 Å². The Morgan fingerprint density at radius 1 is 1.15 bits per heavy atom. The number of piperidine rings is 1. The maximum atomic E-state index is 13.1. The number of aromatic nitrogens is 1. The Morgan fingerprint density at radius 3 is 2.50 bits per heavy atom. The number of amides is 1. The van der Waals surface area contributed by atoms with Crippen LogP contribution in [-0.2, 0) is 0 Å². The molecule has 2 aliphatic rings. The Morgan fingerprint density at radius 2 is 1.85 bits per heavy atom. The van der Waals surface area contributed by atoms with E-state index >= 15 is 0 Å². The van der Waals surface area contributed by atoms with Gasteiger partial charge in [-0.25, -0.2) is 14.2 Å². The van der Waals surface area contributed by atoms with Gasteiger partial charge in [-0.05, 0) is 66.5 Å². The number of carbonyl (C=O) groups is 1. The largest absolute Gasteiger partial charge is 0.465 e. The summed E-state index contributed by atoms with van der Waals surface area (Å²) in [7, 11) is 0. The van der Waals surface area contributed by atoms with E-state index in [4.69, 9.17) is 5.11 Å². The molecule has 2 fully saturated rings. The molecule has 2 heterocycles. The van der Waals surface area contributed by atoms with Crippen molar-refractivity contribution in [3.8, 4) is 11.1 Å². The lowest BCUT2D eigenvalue weighted by Gasteiger charge is -2.52. The van der Waals surface area contributed by atoms with Crippen molar-refractivity contribution in [2.45, 2.75) is 31.7 Å². The van der Waals surface area contributed by atoms with E-state index in [9.17, 15) is 9.18 Å². The molecule has 0 unspecified atom stereocenters. The van der Waals surface area contributed by atoms with Crippen LogP contribution in [0.1, 0.15) is 25.7 Å². The third-order valence-electron chi connectivity index (χ3n) is 5.76. The van der Waals surface area contributed by atoms with Crippen LogP contribution in [0.5, 0.6) is 0 Å². The van der Waals surface area contributed by atoms with Crippen LogP contribution in [0.15, 0.2) is 42.6 Å². The van der Waals surface area contributed by atoms with Gasteiger partial charge in [0.05, 0.1) is 0 Å². The molecule has 5 nitrogen and oxygen atoms in total. The summed E-state index contributed by atoms with van der Waals surface area (Å²) in [5.74, 6) is 0.710. The van der Waals surface area contributed by atoms with Crippen molar-refractivity contribution in [2.75, 3.05) is 18.0 Å². The molecule has 2 aromatic rings. The molecule has 1 saturated heterocycles. The molecule has 4 rings (SSSR count). The fourth-order valence-corrected chi connectivity index (χ4v) is 4.29. The average Bonchev–Trinajstić information content (AvgIpc) is 2.61. The van der Waals surface area contributed by atoms with Crippen molar-refractivity contribution >= 4 is 11.9 Å². The van der Waals surface area contributed by atoms with Crippen LogP contribution in [-0.4, -0.2) is 35.3 Å². The summed E-state index contributed by atoms with van der Waals surface area (Å²) in [5.41, 5.74) is 2.30. The summed E-state index contributed by atoms with van der Waals surface area (Å²) >= 11 is 0. The minimum Gasteiger partial charge on any atom is -0.465 e. The molecule has 0 bridgehead atoms. The van der Waals surface area contributed by atoms with Crippen LogP contribution in [0.4, 0.5) is 15.0 Å². The van der Waals surface area contributed by atoms with Crippen LogP contribution in [0, 0.1) is 11.2 Å². The first kappa shape index (κ1) is 16.8. The lowest BCUT2D eigenvalue weighted by Crippen LogP contribution is -2.54. The van der Waals surface area contributed by atoms with Gasteiger partial charge in [0.1, 0.15) is 11.6 Å². The van der Waals surface area contributed by atoms with E-state index in [-0.39, 0.29) is 17.3 Å². The minimum absolute atomic E-state index is 0.110. The number of carboxylic acid groups (broad SMARTS) is 1. The normalized spacial score (nSPS) is 19.2. The lowest BCUT2D eigenvalue weighted by molar-refractivity contribution is 0.0529. The first-order chi connectivity index (χ1) is 12.5. The third kappa shape index (κ3) is 3.36. The van der Waals surface area contributed by atoms with Gasteiger partial charge in [-0.2, -0.15) is 0 Å². The van der Waals surface area contributed by atoms with Crippen molar-refractivity contribution in [3.05, 3.63) is 48.4 Å². The van der Waals surface area contributed by atoms with E-state index in [0.717, 1.165) is 55.7 Å². The average molecular weight is 355 g/mol. The van der Waals surface area contributed by atoms with Gasteiger partial charge in [-0.3, -0.25) is 0 Å². The predicted molar refractivity (Wildman–Crippen MR) is 97.7 cm³/mol. The number of nitrogens with one attached hydrogen (secondary N) is 1. The maximum absolute atomic E-state index is 13.1. The highest BCUT2D eigenvalue weighted by Crippen LogP contribution is 2.49. The fraction of sp³-hybridized carbons (Fsp3) is 0.400. The van der Waals surface area contributed by atoms with Crippen molar-refractivity contribution in [3.63, 3.8) is 0 Å². The van der Waals surface area contributed by atoms with E-state index in [2.05, 4.69) is 21.3 Å². The highest BCUT2D eigenvalue weighted by Gasteiger charge is 2.46. The summed E-state index contributed by atoms with van der Waals surface area (Å²) in [6.07, 6.45) is 4.88. The Hall–Kier alpha value is -2.63. The predicted octanol–water partition coefficient (Wildman–Crippen LogP) is 3.90. The summed E-state index contributed by atoms with van der Waals surface area (Å²) < 4.78 is 13.1. The molecule has 0 atom stereocenters. The van der Waals surface area contributed by atoms with E-state index in [1.807, 2.05) is 6.07 Å². The Kier molecular flexibility index (Phi) is 4.26. The molecule has 1 aliphatic heterocycles. The molecule has 2 N–H and O–H groups in total. The second-order valence-corrected chi connectivity index (χ2v) is 7.45. The smallest absolute Gasteiger partial charge is 0.404 e. The molecule has 6 heteroatoms. The Labute approximate surface area is 151 Å². The zero-order valence-corrected chi connectivity index (χ0v) is 14.5. The van der Waals surface area contributed by atoms with Crippen molar-refractivity contribution in [1.82, 2.24) is 10.3 Å². The monoisotopic (exact) mass is 355 g/mol. The van der Waals surface area contributed by atoms with E-state index in [0.29, 0.717) is 0 Å². The third-order valence-corrected chi connectivity index (χ3v) is 5.76. The number of halogens is 1. The minimum atomic E-state index is -0.927. The fourth-order valence-electron chi connectivity index (χ4n) is 4.29. The van der Waals surface area contributed by atoms with Crippen molar-refractivity contribution < 1.29 is 14.3 Å². The van der Waals surface area contributed by atoms with Crippen LogP contribution in [0.3, 0.4) is 0 Å². The van der Waals surface area contributed by atoms with Crippen LogP contribution >= 0.6 is 0 Å². The molecular formula is C20H22FN3O2. The summed E-state index contributed by atoms with van der Waals surface area (Å²) in [6.45, 7) is 1.86. The van der Waals surface area contributed by atoms with E-state index in [1.54, 1.807) is 18.3 Å².